The van der Waals surface area contributed by atoms with Crippen LogP contribution in [0.4, 0.5) is 0 Å². The summed E-state index contributed by atoms with van der Waals surface area (Å²) >= 11 is 0. The van der Waals surface area contributed by atoms with Gasteiger partial charge in [-0.2, -0.15) is 0 Å². The van der Waals surface area contributed by atoms with Crippen LogP contribution >= 0.6 is 0 Å². The van der Waals surface area contributed by atoms with E-state index in [0.29, 0.717) is 12.1 Å². The summed E-state index contributed by atoms with van der Waals surface area (Å²) in [5.41, 5.74) is 2.85. The fourth-order valence-electron chi connectivity index (χ4n) is 2.33. The Labute approximate surface area is 85.3 Å². The Balaban J connectivity index is 2.34. The summed E-state index contributed by atoms with van der Waals surface area (Å²) in [7, 11) is 3.79. The SMILES string of the molecule is CNC1c2ccccc2CCC1OC. The van der Waals surface area contributed by atoms with Crippen LogP contribution in [0.1, 0.15) is 23.6 Å². The normalized spacial score (nSPS) is 25.9. The highest BCUT2D eigenvalue weighted by Gasteiger charge is 2.27. The molecule has 14 heavy (non-hydrogen) atoms. The van der Waals surface area contributed by atoms with Crippen molar-refractivity contribution in [1.29, 1.82) is 0 Å². The Kier molecular flexibility index (Phi) is 2.85. The molecular weight excluding hydrogens is 174 g/mol. The molecule has 76 valence electrons. The van der Waals surface area contributed by atoms with Crippen LogP contribution in [0.15, 0.2) is 24.3 Å². The Morgan fingerprint density at radius 1 is 1.36 bits per heavy atom. The Morgan fingerprint density at radius 2 is 2.14 bits per heavy atom. The number of aryl methyl sites for hydroxylation is 1. The van der Waals surface area contributed by atoms with Crippen molar-refractivity contribution in [2.24, 2.45) is 0 Å². The van der Waals surface area contributed by atoms with Gasteiger partial charge in [0, 0.05) is 7.11 Å². The quantitative estimate of drug-likeness (QED) is 0.771. The van der Waals surface area contributed by atoms with Crippen LogP contribution in [0, 0.1) is 0 Å². The van der Waals surface area contributed by atoms with Crippen LogP contribution in [0.25, 0.3) is 0 Å². The minimum atomic E-state index is 0.315. The molecule has 0 heterocycles. The van der Waals surface area contributed by atoms with E-state index in [9.17, 15) is 0 Å². The number of nitrogens with one attached hydrogen (secondary N) is 1. The third-order valence-electron chi connectivity index (χ3n) is 3.07. The van der Waals surface area contributed by atoms with Crippen molar-refractivity contribution in [1.82, 2.24) is 5.32 Å². The Bertz CT molecular complexity index is 311. The van der Waals surface area contributed by atoms with Gasteiger partial charge in [0.2, 0.25) is 0 Å². The topological polar surface area (TPSA) is 21.3 Å². The first-order chi connectivity index (χ1) is 6.86. The molecule has 0 aliphatic heterocycles. The molecule has 1 N–H and O–H groups in total. The summed E-state index contributed by atoms with van der Waals surface area (Å²) in [6, 6.07) is 8.97. The van der Waals surface area contributed by atoms with Gasteiger partial charge in [0.25, 0.3) is 0 Å². The van der Waals surface area contributed by atoms with Crippen molar-refractivity contribution < 1.29 is 4.74 Å². The lowest BCUT2D eigenvalue weighted by Crippen LogP contribution is -2.35. The number of benzene rings is 1. The lowest BCUT2D eigenvalue weighted by atomic mass is 9.85. The zero-order chi connectivity index (χ0) is 9.97. The van der Waals surface area contributed by atoms with E-state index in [-0.39, 0.29) is 0 Å². The highest BCUT2D eigenvalue weighted by Crippen LogP contribution is 2.30. The number of rotatable bonds is 2. The monoisotopic (exact) mass is 191 g/mol. The predicted octanol–water partition coefficient (Wildman–Crippen LogP) is 1.91. The third-order valence-corrected chi connectivity index (χ3v) is 3.07. The molecule has 2 heteroatoms. The van der Waals surface area contributed by atoms with Crippen molar-refractivity contribution >= 4 is 0 Å². The summed E-state index contributed by atoms with van der Waals surface area (Å²) in [6.07, 6.45) is 2.56. The lowest BCUT2D eigenvalue weighted by molar-refractivity contribution is 0.0581. The van der Waals surface area contributed by atoms with Crippen LogP contribution in [-0.2, 0) is 11.2 Å². The van der Waals surface area contributed by atoms with E-state index in [2.05, 4.69) is 29.6 Å². The largest absolute Gasteiger partial charge is 0.379 e. The number of hydrogen-bond acceptors (Lipinski definition) is 2. The minimum absolute atomic E-state index is 0.315. The first-order valence-electron chi connectivity index (χ1n) is 5.14. The van der Waals surface area contributed by atoms with Crippen LogP contribution in [-0.4, -0.2) is 20.3 Å². The van der Waals surface area contributed by atoms with Crippen molar-refractivity contribution in [2.75, 3.05) is 14.2 Å². The van der Waals surface area contributed by atoms with E-state index >= 15 is 0 Å². The fourth-order valence-corrected chi connectivity index (χ4v) is 2.33. The molecule has 2 nitrogen and oxygen atoms in total. The van der Waals surface area contributed by atoms with Crippen LogP contribution < -0.4 is 5.32 Å². The molecule has 0 amide bonds. The number of fused-ring (bicyclic) bond motifs is 1. The first-order valence-corrected chi connectivity index (χ1v) is 5.14. The highest BCUT2D eigenvalue weighted by atomic mass is 16.5. The molecule has 0 fully saturated rings. The van der Waals surface area contributed by atoms with Gasteiger partial charge in [-0.3, -0.25) is 0 Å². The van der Waals surface area contributed by atoms with Gasteiger partial charge in [-0.15, -0.1) is 0 Å². The Morgan fingerprint density at radius 3 is 2.86 bits per heavy atom. The van der Waals surface area contributed by atoms with Crippen molar-refractivity contribution in [2.45, 2.75) is 25.0 Å². The van der Waals surface area contributed by atoms with Crippen LogP contribution in [0.5, 0.6) is 0 Å². The van der Waals surface area contributed by atoms with Gasteiger partial charge in [0.05, 0.1) is 12.1 Å². The molecule has 1 aliphatic rings. The van der Waals surface area contributed by atoms with Gasteiger partial charge in [0.15, 0.2) is 0 Å². The molecular formula is C12H17NO. The molecule has 0 saturated carbocycles. The van der Waals surface area contributed by atoms with Gasteiger partial charge in [-0.05, 0) is 31.0 Å². The second-order valence-corrected chi connectivity index (χ2v) is 3.78. The average Bonchev–Trinajstić information content (AvgIpc) is 2.27. The van der Waals surface area contributed by atoms with E-state index in [1.807, 2.05) is 7.05 Å². The van der Waals surface area contributed by atoms with Gasteiger partial charge in [0.1, 0.15) is 0 Å². The molecule has 0 aromatic heterocycles. The summed E-state index contributed by atoms with van der Waals surface area (Å²) in [4.78, 5) is 0. The predicted molar refractivity (Wildman–Crippen MR) is 57.4 cm³/mol. The molecule has 2 atom stereocenters. The maximum absolute atomic E-state index is 5.49. The van der Waals surface area contributed by atoms with Crippen LogP contribution in [0.2, 0.25) is 0 Å². The zero-order valence-corrected chi connectivity index (χ0v) is 8.79. The van der Waals surface area contributed by atoms with Gasteiger partial charge in [-0.1, -0.05) is 24.3 Å². The molecule has 1 aromatic rings. The molecule has 0 saturated heterocycles. The molecule has 2 unspecified atom stereocenters. The van der Waals surface area contributed by atoms with Crippen molar-refractivity contribution in [3.05, 3.63) is 35.4 Å². The van der Waals surface area contributed by atoms with Gasteiger partial charge >= 0.3 is 0 Å². The molecule has 1 aliphatic carbocycles. The number of methoxy groups -OCH3 is 1. The smallest absolute Gasteiger partial charge is 0.0769 e. The first kappa shape index (κ1) is 9.69. The minimum Gasteiger partial charge on any atom is -0.379 e. The highest BCUT2D eigenvalue weighted by molar-refractivity contribution is 5.33. The number of likely N-dealkylation sites (N-methyl/N-ethyl adjacent to an activating group) is 1. The van der Waals surface area contributed by atoms with E-state index in [4.69, 9.17) is 4.74 Å². The summed E-state index contributed by atoms with van der Waals surface area (Å²) < 4.78 is 5.49. The van der Waals surface area contributed by atoms with Gasteiger partial charge in [-0.25, -0.2) is 0 Å². The lowest BCUT2D eigenvalue weighted by Gasteiger charge is -2.32. The molecule has 1 aromatic carbocycles. The summed E-state index contributed by atoms with van der Waals surface area (Å²) in [5.74, 6) is 0. The molecule has 2 rings (SSSR count). The second-order valence-electron chi connectivity index (χ2n) is 3.78. The maximum atomic E-state index is 5.49. The van der Waals surface area contributed by atoms with E-state index < -0.39 is 0 Å². The second kappa shape index (κ2) is 4.11. The maximum Gasteiger partial charge on any atom is 0.0769 e. The summed E-state index contributed by atoms with van der Waals surface area (Å²) in [5, 5.41) is 3.34. The molecule has 0 spiro atoms. The molecule has 0 radical (unpaired) electrons. The van der Waals surface area contributed by atoms with Gasteiger partial charge < -0.3 is 10.1 Å². The van der Waals surface area contributed by atoms with E-state index in [0.717, 1.165) is 12.8 Å². The zero-order valence-electron chi connectivity index (χ0n) is 8.79. The van der Waals surface area contributed by atoms with E-state index in [1.165, 1.54) is 11.1 Å². The van der Waals surface area contributed by atoms with Crippen LogP contribution in [0.3, 0.4) is 0 Å². The van der Waals surface area contributed by atoms with Crippen molar-refractivity contribution in [3.63, 3.8) is 0 Å². The average molecular weight is 191 g/mol. The number of ether oxygens (including phenoxy) is 1. The van der Waals surface area contributed by atoms with Crippen molar-refractivity contribution in [3.8, 4) is 0 Å². The third kappa shape index (κ3) is 1.56. The number of hydrogen-bond donors (Lipinski definition) is 1. The molecule has 0 bridgehead atoms. The Hall–Kier alpha value is -0.860. The van der Waals surface area contributed by atoms with E-state index in [1.54, 1.807) is 7.11 Å². The fraction of sp³-hybridized carbons (Fsp3) is 0.500. The standard InChI is InChI=1S/C12H17NO/c1-13-12-10-6-4-3-5-9(10)7-8-11(12)14-2/h3-6,11-13H,7-8H2,1-2H3. The summed E-state index contributed by atoms with van der Waals surface area (Å²) in [6.45, 7) is 0.